The normalized spacial score (nSPS) is 32.6. The molecule has 2 aliphatic rings. The quantitative estimate of drug-likeness (QED) is 0.456. The first-order chi connectivity index (χ1) is 9.13. The third-order valence-electron chi connectivity index (χ3n) is 5.65. The van der Waals surface area contributed by atoms with Crippen LogP contribution in [0.2, 0.25) is 0 Å². The van der Waals surface area contributed by atoms with Crippen LogP contribution < -0.4 is 34.6 Å². The van der Waals surface area contributed by atoms with E-state index in [4.69, 9.17) is 0 Å². The van der Waals surface area contributed by atoms with Crippen LogP contribution in [-0.2, 0) is 0 Å². The van der Waals surface area contributed by atoms with Gasteiger partial charge in [-0.15, -0.1) is 0 Å². The van der Waals surface area contributed by atoms with Gasteiger partial charge in [0.2, 0.25) is 0 Å². The first-order valence-corrected chi connectivity index (χ1v) is 8.37. The first-order valence-electron chi connectivity index (χ1n) is 8.37. The van der Waals surface area contributed by atoms with Crippen molar-refractivity contribution in [1.82, 2.24) is 0 Å². The predicted octanol–water partition coefficient (Wildman–Crippen LogP) is -6.62. The molecule has 1 heterocycles. The predicted molar refractivity (Wildman–Crippen MR) is 78.6 cm³/mol. The largest absolute Gasteiger partial charge is 1.00 e. The van der Waals surface area contributed by atoms with Crippen molar-refractivity contribution in [2.75, 3.05) is 46.9 Å². The lowest BCUT2D eigenvalue weighted by atomic mass is 9.65. The molecule has 0 aromatic rings. The fraction of sp³-hybridized carbons (Fsp3) is 1.00. The number of aliphatic hydroxyl groups excluding tert-OH is 1. The van der Waals surface area contributed by atoms with Gasteiger partial charge in [0, 0.05) is 25.9 Å². The third-order valence-corrected chi connectivity index (χ3v) is 5.65. The van der Waals surface area contributed by atoms with Gasteiger partial charge in [0.25, 0.3) is 0 Å². The van der Waals surface area contributed by atoms with Crippen LogP contribution in [-0.4, -0.2) is 52.0 Å². The maximum atomic E-state index is 9.26. The molecule has 0 amide bonds. The summed E-state index contributed by atoms with van der Waals surface area (Å²) in [7, 11) is 4.50. The number of hydrogen-bond donors (Lipinski definition) is 3. The summed E-state index contributed by atoms with van der Waals surface area (Å²) in [6, 6.07) is 0. The van der Waals surface area contributed by atoms with Gasteiger partial charge < -0.3 is 39.7 Å². The van der Waals surface area contributed by atoms with Crippen LogP contribution in [0.15, 0.2) is 0 Å². The van der Waals surface area contributed by atoms with Crippen molar-refractivity contribution in [3.63, 3.8) is 0 Å². The SMILES string of the molecule is C[NH+](C)CCC[NH+]1CCC2(CCC(CO)CC2)CC1.[Cl-].[Cl-]. The van der Waals surface area contributed by atoms with E-state index in [2.05, 4.69) is 14.1 Å². The van der Waals surface area contributed by atoms with E-state index in [-0.39, 0.29) is 24.8 Å². The van der Waals surface area contributed by atoms with Crippen molar-refractivity contribution in [3.05, 3.63) is 0 Å². The van der Waals surface area contributed by atoms with E-state index >= 15 is 0 Å². The number of piperidine rings is 1. The Morgan fingerprint density at radius 2 is 1.62 bits per heavy atom. The summed E-state index contributed by atoms with van der Waals surface area (Å²) in [6.07, 6.45) is 9.56. The number of hydrogen-bond acceptors (Lipinski definition) is 1. The Balaban J connectivity index is 0.00000200. The van der Waals surface area contributed by atoms with Crippen LogP contribution in [0.4, 0.5) is 0 Å². The van der Waals surface area contributed by atoms with Crippen LogP contribution >= 0.6 is 0 Å². The Labute approximate surface area is 143 Å². The molecule has 0 aromatic heterocycles. The second kappa shape index (κ2) is 10.3. The molecule has 5 heteroatoms. The van der Waals surface area contributed by atoms with E-state index in [1.807, 2.05) is 4.90 Å². The molecular formula is C16H34Cl2N2O. The minimum Gasteiger partial charge on any atom is -1.00 e. The molecule has 2 fully saturated rings. The van der Waals surface area contributed by atoms with E-state index in [0.29, 0.717) is 17.9 Å². The van der Waals surface area contributed by atoms with Gasteiger partial charge in [-0.25, -0.2) is 0 Å². The molecule has 1 saturated heterocycles. The Bertz CT molecular complexity index is 259. The highest BCUT2D eigenvalue weighted by molar-refractivity contribution is 4.86. The molecular weight excluding hydrogens is 307 g/mol. The van der Waals surface area contributed by atoms with Crippen LogP contribution in [0.25, 0.3) is 0 Å². The molecule has 1 saturated carbocycles. The molecule has 0 bridgehead atoms. The summed E-state index contributed by atoms with van der Waals surface area (Å²) < 4.78 is 0. The van der Waals surface area contributed by atoms with Gasteiger partial charge in [0.1, 0.15) is 0 Å². The molecule has 0 aromatic carbocycles. The minimum absolute atomic E-state index is 0. The van der Waals surface area contributed by atoms with Crippen LogP contribution in [0.5, 0.6) is 0 Å². The summed E-state index contributed by atoms with van der Waals surface area (Å²) >= 11 is 0. The molecule has 0 unspecified atom stereocenters. The van der Waals surface area contributed by atoms with Gasteiger partial charge in [-0.2, -0.15) is 0 Å². The average Bonchev–Trinajstić information content (AvgIpc) is 2.42. The Kier molecular flexibility index (Phi) is 10.5. The summed E-state index contributed by atoms with van der Waals surface area (Å²) in [5, 5.41) is 9.26. The third kappa shape index (κ3) is 6.62. The van der Waals surface area contributed by atoms with Crippen molar-refractivity contribution < 1.29 is 39.7 Å². The zero-order valence-electron chi connectivity index (χ0n) is 13.8. The van der Waals surface area contributed by atoms with Crippen LogP contribution in [0, 0.1) is 11.3 Å². The summed E-state index contributed by atoms with van der Waals surface area (Å²) in [5.41, 5.74) is 0.669. The highest BCUT2D eigenvalue weighted by Crippen LogP contribution is 2.44. The van der Waals surface area contributed by atoms with Crippen molar-refractivity contribution in [2.24, 2.45) is 11.3 Å². The number of likely N-dealkylation sites (tertiary alicyclic amines) is 1. The number of aliphatic hydroxyl groups is 1. The molecule has 0 atom stereocenters. The van der Waals surface area contributed by atoms with E-state index in [0.717, 1.165) is 0 Å². The summed E-state index contributed by atoms with van der Waals surface area (Å²) in [6.45, 7) is 5.90. The number of rotatable bonds is 5. The van der Waals surface area contributed by atoms with Crippen molar-refractivity contribution in [3.8, 4) is 0 Å². The number of quaternary nitrogens is 2. The zero-order chi connectivity index (χ0) is 13.7. The molecule has 21 heavy (non-hydrogen) atoms. The lowest BCUT2D eigenvalue weighted by molar-refractivity contribution is -0.914. The van der Waals surface area contributed by atoms with Gasteiger partial charge in [0.15, 0.2) is 0 Å². The van der Waals surface area contributed by atoms with Crippen molar-refractivity contribution in [2.45, 2.75) is 44.9 Å². The molecule has 1 spiro atoms. The van der Waals surface area contributed by atoms with E-state index in [9.17, 15) is 5.11 Å². The Hall–Kier alpha value is 0.460. The highest BCUT2D eigenvalue weighted by atomic mass is 35.5. The molecule has 3 N–H and O–H groups in total. The minimum atomic E-state index is 0. The second-order valence-electron chi connectivity index (χ2n) is 7.44. The molecule has 1 aliphatic carbocycles. The fourth-order valence-electron chi connectivity index (χ4n) is 4.05. The first kappa shape index (κ1) is 21.5. The van der Waals surface area contributed by atoms with Crippen LogP contribution in [0.3, 0.4) is 0 Å². The summed E-state index contributed by atoms with van der Waals surface area (Å²) in [4.78, 5) is 3.42. The molecule has 1 aliphatic heterocycles. The van der Waals surface area contributed by atoms with Gasteiger partial charge in [-0.3, -0.25) is 0 Å². The maximum absolute atomic E-state index is 9.26. The standard InChI is InChI=1S/C16H32N2O.2ClH/c1-17(2)10-3-11-18-12-8-16(9-13-18)6-4-15(14-19)5-7-16;;/h15,19H,3-14H2,1-2H3;2*1H. The Morgan fingerprint density at radius 1 is 1.05 bits per heavy atom. The molecule has 3 nitrogen and oxygen atoms in total. The monoisotopic (exact) mass is 340 g/mol. The smallest absolute Gasteiger partial charge is 0.0825 e. The molecule has 0 radical (unpaired) electrons. The van der Waals surface area contributed by atoms with Gasteiger partial charge in [-0.05, 0) is 37.0 Å². The Morgan fingerprint density at radius 3 is 2.10 bits per heavy atom. The molecule has 128 valence electrons. The number of halogens is 2. The van der Waals surface area contributed by atoms with Crippen molar-refractivity contribution in [1.29, 1.82) is 0 Å². The lowest BCUT2D eigenvalue weighted by Crippen LogP contribution is -3.14. The van der Waals surface area contributed by atoms with Gasteiger partial charge in [-0.1, -0.05) is 0 Å². The van der Waals surface area contributed by atoms with Crippen LogP contribution in [0.1, 0.15) is 44.9 Å². The highest BCUT2D eigenvalue weighted by Gasteiger charge is 2.39. The topological polar surface area (TPSA) is 29.1 Å². The van der Waals surface area contributed by atoms with E-state index in [1.165, 1.54) is 71.1 Å². The zero-order valence-corrected chi connectivity index (χ0v) is 15.3. The fourth-order valence-corrected chi connectivity index (χ4v) is 4.05. The van der Waals surface area contributed by atoms with Gasteiger partial charge >= 0.3 is 0 Å². The van der Waals surface area contributed by atoms with Crippen molar-refractivity contribution >= 4 is 0 Å². The maximum Gasteiger partial charge on any atom is 0.0825 e. The lowest BCUT2D eigenvalue weighted by Gasteiger charge is -2.44. The number of nitrogens with one attached hydrogen (secondary N) is 2. The van der Waals surface area contributed by atoms with E-state index in [1.54, 1.807) is 4.90 Å². The average molecular weight is 341 g/mol. The summed E-state index contributed by atoms with van der Waals surface area (Å²) in [5.74, 6) is 0.610. The second-order valence-corrected chi connectivity index (χ2v) is 7.44. The molecule has 2 rings (SSSR count). The van der Waals surface area contributed by atoms with Gasteiger partial charge in [0.05, 0.1) is 40.3 Å². The van der Waals surface area contributed by atoms with E-state index < -0.39 is 0 Å².